The van der Waals surface area contributed by atoms with Crippen LogP contribution in [0.4, 0.5) is 23.2 Å². The lowest BCUT2D eigenvalue weighted by Crippen LogP contribution is -2.31. The lowest BCUT2D eigenvalue weighted by molar-refractivity contribution is -0.137. The van der Waals surface area contributed by atoms with E-state index >= 15 is 0 Å². The fourth-order valence-corrected chi connectivity index (χ4v) is 2.11. The first kappa shape index (κ1) is 13.2. The van der Waals surface area contributed by atoms with E-state index in [-0.39, 0.29) is 11.7 Å². The minimum absolute atomic E-state index is 0.0880. The summed E-state index contributed by atoms with van der Waals surface area (Å²) in [6, 6.07) is 2.69. The van der Waals surface area contributed by atoms with Crippen LogP contribution >= 0.6 is 0 Å². The SMILES string of the molecule is CC(Nc1ccc(C(F)(F)F)cc1F)C1CCC1. The Bertz CT molecular complexity index is 423. The first-order valence-electron chi connectivity index (χ1n) is 6.01. The van der Waals surface area contributed by atoms with Gasteiger partial charge in [0.25, 0.3) is 0 Å². The number of rotatable bonds is 3. The van der Waals surface area contributed by atoms with Crippen LogP contribution < -0.4 is 5.32 Å². The zero-order valence-electron chi connectivity index (χ0n) is 10.0. The molecule has 1 nitrogen and oxygen atoms in total. The molecule has 0 heterocycles. The summed E-state index contributed by atoms with van der Waals surface area (Å²) in [4.78, 5) is 0. The van der Waals surface area contributed by atoms with Crippen molar-refractivity contribution in [2.24, 2.45) is 5.92 Å². The van der Waals surface area contributed by atoms with Crippen molar-refractivity contribution in [3.8, 4) is 0 Å². The molecule has 0 bridgehead atoms. The van der Waals surface area contributed by atoms with Gasteiger partial charge >= 0.3 is 6.18 Å². The van der Waals surface area contributed by atoms with Gasteiger partial charge in [-0.15, -0.1) is 0 Å². The Morgan fingerprint density at radius 1 is 1.28 bits per heavy atom. The van der Waals surface area contributed by atoms with E-state index in [1.54, 1.807) is 0 Å². The van der Waals surface area contributed by atoms with Gasteiger partial charge in [-0.1, -0.05) is 6.42 Å². The summed E-state index contributed by atoms with van der Waals surface area (Å²) >= 11 is 0. The Balaban J connectivity index is 2.09. The number of benzene rings is 1. The van der Waals surface area contributed by atoms with Crippen LogP contribution in [0, 0.1) is 11.7 Å². The molecule has 5 heteroatoms. The molecule has 1 N–H and O–H groups in total. The summed E-state index contributed by atoms with van der Waals surface area (Å²) < 4.78 is 50.7. The maximum atomic E-state index is 13.6. The Morgan fingerprint density at radius 2 is 1.94 bits per heavy atom. The molecule has 0 amide bonds. The minimum atomic E-state index is -4.50. The summed E-state index contributed by atoms with van der Waals surface area (Å²) in [5.74, 6) is -0.359. The van der Waals surface area contributed by atoms with E-state index in [0.717, 1.165) is 25.0 Å². The van der Waals surface area contributed by atoms with E-state index in [4.69, 9.17) is 0 Å². The summed E-state index contributed by atoms with van der Waals surface area (Å²) in [6.45, 7) is 1.93. The van der Waals surface area contributed by atoms with Crippen LogP contribution in [-0.2, 0) is 6.18 Å². The molecule has 0 aliphatic heterocycles. The fraction of sp³-hybridized carbons (Fsp3) is 0.538. The van der Waals surface area contributed by atoms with Crippen molar-refractivity contribution in [2.75, 3.05) is 5.32 Å². The van der Waals surface area contributed by atoms with Gasteiger partial charge in [-0.3, -0.25) is 0 Å². The van der Waals surface area contributed by atoms with Crippen molar-refractivity contribution in [1.82, 2.24) is 0 Å². The van der Waals surface area contributed by atoms with Crippen LogP contribution in [0.15, 0.2) is 18.2 Å². The largest absolute Gasteiger partial charge is 0.416 e. The number of hydrogen-bond donors (Lipinski definition) is 1. The number of alkyl halides is 3. The second-order valence-electron chi connectivity index (χ2n) is 4.82. The molecule has 1 aromatic rings. The third-order valence-corrected chi connectivity index (χ3v) is 3.54. The second-order valence-corrected chi connectivity index (χ2v) is 4.82. The Morgan fingerprint density at radius 3 is 2.39 bits per heavy atom. The van der Waals surface area contributed by atoms with Crippen LogP contribution in [0.1, 0.15) is 31.7 Å². The van der Waals surface area contributed by atoms with Gasteiger partial charge in [0.05, 0.1) is 11.3 Å². The van der Waals surface area contributed by atoms with Crippen LogP contribution in [0.25, 0.3) is 0 Å². The molecule has 1 atom stereocenters. The predicted molar refractivity (Wildman–Crippen MR) is 61.8 cm³/mol. The van der Waals surface area contributed by atoms with Crippen molar-refractivity contribution in [3.05, 3.63) is 29.6 Å². The maximum Gasteiger partial charge on any atom is 0.416 e. The minimum Gasteiger partial charge on any atom is -0.380 e. The standard InChI is InChI=1S/C13H15F4N/c1-8(9-3-2-4-9)18-12-6-5-10(7-11(12)14)13(15,16)17/h5-9,18H,2-4H2,1H3. The van der Waals surface area contributed by atoms with E-state index in [1.807, 2.05) is 6.92 Å². The number of halogens is 4. The van der Waals surface area contributed by atoms with Gasteiger partial charge in [0.15, 0.2) is 0 Å². The van der Waals surface area contributed by atoms with Crippen molar-refractivity contribution in [2.45, 2.75) is 38.4 Å². The van der Waals surface area contributed by atoms with Crippen LogP contribution in [0.2, 0.25) is 0 Å². The predicted octanol–water partition coefficient (Wildman–Crippen LogP) is 4.45. The highest BCUT2D eigenvalue weighted by Gasteiger charge is 2.31. The van der Waals surface area contributed by atoms with E-state index in [1.165, 1.54) is 6.42 Å². The zero-order valence-corrected chi connectivity index (χ0v) is 10.0. The highest BCUT2D eigenvalue weighted by Crippen LogP contribution is 2.33. The zero-order chi connectivity index (χ0) is 13.3. The number of anilines is 1. The van der Waals surface area contributed by atoms with E-state index < -0.39 is 17.6 Å². The highest BCUT2D eigenvalue weighted by molar-refractivity contribution is 5.47. The molecule has 0 aromatic heterocycles. The molecule has 2 rings (SSSR count). The molecule has 1 fully saturated rings. The third kappa shape index (κ3) is 2.76. The van der Waals surface area contributed by atoms with E-state index in [2.05, 4.69) is 5.32 Å². The summed E-state index contributed by atoms with van der Waals surface area (Å²) in [5, 5.41) is 2.95. The Kier molecular flexibility index (Phi) is 3.50. The fourth-order valence-electron chi connectivity index (χ4n) is 2.11. The average molecular weight is 261 g/mol. The summed E-state index contributed by atoms with van der Waals surface area (Å²) in [6.07, 6.45) is -1.14. The van der Waals surface area contributed by atoms with Crippen molar-refractivity contribution in [3.63, 3.8) is 0 Å². The molecule has 0 spiro atoms. The van der Waals surface area contributed by atoms with Gasteiger partial charge in [-0.05, 0) is 43.9 Å². The molecule has 0 radical (unpaired) electrons. The van der Waals surface area contributed by atoms with Gasteiger partial charge in [0.2, 0.25) is 0 Å². The van der Waals surface area contributed by atoms with Gasteiger partial charge in [0.1, 0.15) is 5.82 Å². The molecular weight excluding hydrogens is 246 g/mol. The molecule has 1 aliphatic carbocycles. The van der Waals surface area contributed by atoms with Gasteiger partial charge < -0.3 is 5.32 Å². The Labute approximate surface area is 103 Å². The van der Waals surface area contributed by atoms with Crippen LogP contribution in [-0.4, -0.2) is 6.04 Å². The smallest absolute Gasteiger partial charge is 0.380 e. The highest BCUT2D eigenvalue weighted by atomic mass is 19.4. The molecule has 18 heavy (non-hydrogen) atoms. The Hall–Kier alpha value is -1.26. The quantitative estimate of drug-likeness (QED) is 0.793. The van der Waals surface area contributed by atoms with Gasteiger partial charge in [0, 0.05) is 6.04 Å². The van der Waals surface area contributed by atoms with Gasteiger partial charge in [-0.2, -0.15) is 13.2 Å². The third-order valence-electron chi connectivity index (χ3n) is 3.54. The molecule has 1 unspecified atom stereocenters. The van der Waals surface area contributed by atoms with Crippen LogP contribution in [0.5, 0.6) is 0 Å². The van der Waals surface area contributed by atoms with Crippen molar-refractivity contribution < 1.29 is 17.6 Å². The molecule has 0 saturated heterocycles. The topological polar surface area (TPSA) is 12.0 Å². The number of hydrogen-bond acceptors (Lipinski definition) is 1. The summed E-state index contributed by atoms with van der Waals surface area (Å²) in [5.41, 5.74) is -0.816. The first-order chi connectivity index (χ1) is 8.38. The normalized spacial score (nSPS) is 18.3. The maximum absolute atomic E-state index is 13.6. The van der Waals surface area contributed by atoms with Crippen molar-refractivity contribution >= 4 is 5.69 Å². The molecule has 1 aliphatic rings. The first-order valence-corrected chi connectivity index (χ1v) is 6.01. The van der Waals surface area contributed by atoms with Crippen molar-refractivity contribution in [1.29, 1.82) is 0 Å². The monoisotopic (exact) mass is 261 g/mol. The average Bonchev–Trinajstić information content (AvgIpc) is 2.16. The van der Waals surface area contributed by atoms with E-state index in [0.29, 0.717) is 12.0 Å². The lowest BCUT2D eigenvalue weighted by atomic mass is 9.80. The van der Waals surface area contributed by atoms with Crippen LogP contribution in [0.3, 0.4) is 0 Å². The van der Waals surface area contributed by atoms with Gasteiger partial charge in [-0.25, -0.2) is 4.39 Å². The van der Waals surface area contributed by atoms with E-state index in [9.17, 15) is 17.6 Å². The molecular formula is C13H15F4N. The molecule has 1 saturated carbocycles. The second kappa shape index (κ2) is 4.78. The summed E-state index contributed by atoms with van der Waals surface area (Å²) in [7, 11) is 0. The molecule has 100 valence electrons. The molecule has 1 aromatic carbocycles. The number of nitrogens with one attached hydrogen (secondary N) is 1. The lowest BCUT2D eigenvalue weighted by Gasteiger charge is -2.32.